The second-order valence-corrected chi connectivity index (χ2v) is 9.73. The molecule has 0 bridgehead atoms. The van der Waals surface area contributed by atoms with Crippen molar-refractivity contribution in [3.8, 4) is 0 Å². The molecule has 0 aliphatic heterocycles. The Hall–Kier alpha value is -1.84. The maximum absolute atomic E-state index is 12.5. The van der Waals surface area contributed by atoms with E-state index >= 15 is 0 Å². The van der Waals surface area contributed by atoms with Crippen molar-refractivity contribution in [3.63, 3.8) is 0 Å². The lowest BCUT2D eigenvalue weighted by molar-refractivity contribution is -0.125. The number of unbranched alkanes of at least 4 members (excludes halogenated alkanes) is 9. The Morgan fingerprint density at radius 1 is 0.938 bits per heavy atom. The average molecular weight is 440 g/mol. The first-order valence-electron chi connectivity index (χ1n) is 13.5. The minimum Gasteiger partial charge on any atom is -0.355 e. The highest BCUT2D eigenvalue weighted by molar-refractivity contribution is 5.78. The first-order valence-corrected chi connectivity index (χ1v) is 13.5. The standard InChI is InChI=1S/C28H45N3O/c1-2-3-4-5-6-7-8-9-10-16-23-31-26-20-15-14-19-25(26)30-27(31)21-22-29-28(32)24-17-12-11-13-18-24/h14-15,19-20,24H,2-13,16-18,21-23H2,1H3,(H,29,32). The first kappa shape index (κ1) is 24.8. The molecule has 1 aromatic heterocycles. The number of para-hydroxylation sites is 2. The summed E-state index contributed by atoms with van der Waals surface area (Å²) in [6, 6.07) is 8.46. The molecule has 1 saturated carbocycles. The van der Waals surface area contributed by atoms with Gasteiger partial charge in [0.05, 0.1) is 11.0 Å². The van der Waals surface area contributed by atoms with Crippen molar-refractivity contribution in [3.05, 3.63) is 30.1 Å². The van der Waals surface area contributed by atoms with Gasteiger partial charge >= 0.3 is 0 Å². The number of amides is 1. The van der Waals surface area contributed by atoms with Crippen LogP contribution in [0.15, 0.2) is 24.3 Å². The number of nitrogens with one attached hydrogen (secondary N) is 1. The molecule has 0 saturated heterocycles. The van der Waals surface area contributed by atoms with Gasteiger partial charge in [-0.25, -0.2) is 4.98 Å². The number of nitrogens with zero attached hydrogens (tertiary/aromatic N) is 2. The number of benzene rings is 1. The zero-order chi connectivity index (χ0) is 22.4. The highest BCUT2D eigenvalue weighted by Gasteiger charge is 2.20. The van der Waals surface area contributed by atoms with Crippen LogP contribution in [0.2, 0.25) is 0 Å². The van der Waals surface area contributed by atoms with Gasteiger partial charge in [-0.3, -0.25) is 4.79 Å². The normalized spacial score (nSPS) is 14.8. The number of rotatable bonds is 15. The zero-order valence-corrected chi connectivity index (χ0v) is 20.4. The fourth-order valence-electron chi connectivity index (χ4n) is 5.13. The van der Waals surface area contributed by atoms with Crippen molar-refractivity contribution >= 4 is 16.9 Å². The molecule has 32 heavy (non-hydrogen) atoms. The van der Waals surface area contributed by atoms with Crippen LogP contribution in [0.25, 0.3) is 11.0 Å². The summed E-state index contributed by atoms with van der Waals surface area (Å²) in [5, 5.41) is 3.19. The lowest BCUT2D eigenvalue weighted by Gasteiger charge is -2.20. The van der Waals surface area contributed by atoms with Crippen molar-refractivity contribution in [2.24, 2.45) is 5.92 Å². The van der Waals surface area contributed by atoms with E-state index in [4.69, 9.17) is 4.98 Å². The highest BCUT2D eigenvalue weighted by atomic mass is 16.1. The summed E-state index contributed by atoms with van der Waals surface area (Å²) in [4.78, 5) is 17.4. The number of fused-ring (bicyclic) bond motifs is 1. The first-order chi connectivity index (χ1) is 15.8. The molecule has 1 aliphatic rings. The van der Waals surface area contributed by atoms with Gasteiger partial charge in [0.25, 0.3) is 0 Å². The van der Waals surface area contributed by atoms with Crippen LogP contribution in [0.4, 0.5) is 0 Å². The second-order valence-electron chi connectivity index (χ2n) is 9.73. The van der Waals surface area contributed by atoms with Crippen LogP contribution in [-0.2, 0) is 17.8 Å². The van der Waals surface area contributed by atoms with Gasteiger partial charge < -0.3 is 9.88 Å². The summed E-state index contributed by atoms with van der Waals surface area (Å²) in [5.74, 6) is 1.60. The monoisotopic (exact) mass is 439 g/mol. The van der Waals surface area contributed by atoms with Gasteiger partial charge in [0.2, 0.25) is 5.91 Å². The Bertz CT molecular complexity index is 791. The van der Waals surface area contributed by atoms with Crippen LogP contribution in [0.1, 0.15) is 109 Å². The van der Waals surface area contributed by atoms with E-state index in [0.29, 0.717) is 6.54 Å². The molecule has 0 radical (unpaired) electrons. The third-order valence-corrected chi connectivity index (χ3v) is 7.09. The highest BCUT2D eigenvalue weighted by Crippen LogP contribution is 2.23. The number of hydrogen-bond donors (Lipinski definition) is 1. The summed E-state index contributed by atoms with van der Waals surface area (Å²) in [5.41, 5.74) is 2.31. The lowest BCUT2D eigenvalue weighted by atomic mass is 9.89. The van der Waals surface area contributed by atoms with E-state index < -0.39 is 0 Å². The third kappa shape index (κ3) is 7.94. The molecule has 2 aromatic rings. The van der Waals surface area contributed by atoms with Crippen LogP contribution in [-0.4, -0.2) is 22.0 Å². The van der Waals surface area contributed by atoms with E-state index in [9.17, 15) is 4.79 Å². The zero-order valence-electron chi connectivity index (χ0n) is 20.4. The molecule has 4 heteroatoms. The quantitative estimate of drug-likeness (QED) is 0.298. The predicted octanol–water partition coefficient (Wildman–Crippen LogP) is 7.20. The van der Waals surface area contributed by atoms with Crippen molar-refractivity contribution in [2.45, 2.75) is 116 Å². The third-order valence-electron chi connectivity index (χ3n) is 7.09. The number of carbonyl (C=O) groups excluding carboxylic acids is 1. The van der Waals surface area contributed by atoms with E-state index in [2.05, 4.69) is 41.1 Å². The van der Waals surface area contributed by atoms with Crippen molar-refractivity contribution in [1.29, 1.82) is 0 Å². The van der Waals surface area contributed by atoms with Crippen molar-refractivity contribution in [2.75, 3.05) is 6.54 Å². The number of aromatic nitrogens is 2. The molecule has 0 atom stereocenters. The molecule has 4 nitrogen and oxygen atoms in total. The Morgan fingerprint density at radius 3 is 2.31 bits per heavy atom. The van der Waals surface area contributed by atoms with Crippen LogP contribution < -0.4 is 5.32 Å². The minimum atomic E-state index is 0.231. The number of imidazole rings is 1. The molecule has 1 aliphatic carbocycles. The predicted molar refractivity (Wildman–Crippen MR) is 135 cm³/mol. The topological polar surface area (TPSA) is 46.9 Å². The van der Waals surface area contributed by atoms with E-state index in [0.717, 1.165) is 37.1 Å². The number of aryl methyl sites for hydroxylation is 1. The van der Waals surface area contributed by atoms with E-state index in [1.54, 1.807) is 0 Å². The minimum absolute atomic E-state index is 0.231. The SMILES string of the molecule is CCCCCCCCCCCCn1c(CCNC(=O)C2CCCCC2)nc2ccccc21. The fraction of sp³-hybridized carbons (Fsp3) is 0.714. The largest absolute Gasteiger partial charge is 0.355 e. The van der Waals surface area contributed by atoms with Gasteiger partial charge in [0.15, 0.2) is 0 Å². The molecule has 3 rings (SSSR count). The van der Waals surface area contributed by atoms with E-state index in [1.807, 2.05) is 0 Å². The molecule has 0 unspecified atom stereocenters. The summed E-state index contributed by atoms with van der Waals surface area (Å²) < 4.78 is 2.40. The number of carbonyl (C=O) groups is 1. The van der Waals surface area contributed by atoms with Gasteiger partial charge in [-0.05, 0) is 31.4 Å². The molecule has 1 N–H and O–H groups in total. The molecule has 0 spiro atoms. The van der Waals surface area contributed by atoms with Crippen molar-refractivity contribution < 1.29 is 4.79 Å². The van der Waals surface area contributed by atoms with Crippen LogP contribution >= 0.6 is 0 Å². The Morgan fingerprint density at radius 2 is 1.59 bits per heavy atom. The summed E-state index contributed by atoms with van der Waals surface area (Å²) in [6.45, 7) is 4.00. The van der Waals surface area contributed by atoms with Gasteiger partial charge in [-0.1, -0.05) is 96.1 Å². The Kier molecular flexibility index (Phi) is 11.1. The van der Waals surface area contributed by atoms with Crippen LogP contribution in [0.5, 0.6) is 0 Å². The Balaban J connectivity index is 1.42. The lowest BCUT2D eigenvalue weighted by Crippen LogP contribution is -2.33. The van der Waals surface area contributed by atoms with Gasteiger partial charge in [0, 0.05) is 25.4 Å². The number of hydrogen-bond acceptors (Lipinski definition) is 2. The Labute approximate surface area is 195 Å². The maximum atomic E-state index is 12.5. The molecule has 1 amide bonds. The fourth-order valence-corrected chi connectivity index (χ4v) is 5.13. The summed E-state index contributed by atoms with van der Waals surface area (Å²) in [6.07, 6.45) is 20.2. The summed E-state index contributed by atoms with van der Waals surface area (Å²) >= 11 is 0. The van der Waals surface area contributed by atoms with Gasteiger partial charge in [-0.15, -0.1) is 0 Å². The summed E-state index contributed by atoms with van der Waals surface area (Å²) in [7, 11) is 0. The van der Waals surface area contributed by atoms with E-state index in [-0.39, 0.29) is 11.8 Å². The maximum Gasteiger partial charge on any atom is 0.223 e. The second kappa shape index (κ2) is 14.3. The molecule has 1 heterocycles. The van der Waals surface area contributed by atoms with Crippen molar-refractivity contribution in [1.82, 2.24) is 14.9 Å². The van der Waals surface area contributed by atoms with Crippen LogP contribution in [0.3, 0.4) is 0 Å². The smallest absolute Gasteiger partial charge is 0.223 e. The molecule has 1 aromatic carbocycles. The molecular weight excluding hydrogens is 394 g/mol. The van der Waals surface area contributed by atoms with Crippen LogP contribution in [0, 0.1) is 5.92 Å². The van der Waals surface area contributed by atoms with Gasteiger partial charge in [0.1, 0.15) is 5.82 Å². The molecule has 178 valence electrons. The van der Waals surface area contributed by atoms with Gasteiger partial charge in [-0.2, -0.15) is 0 Å². The molecule has 1 fully saturated rings. The molecular formula is C28H45N3O. The average Bonchev–Trinajstić information content (AvgIpc) is 3.18. The van der Waals surface area contributed by atoms with E-state index in [1.165, 1.54) is 89.0 Å².